The van der Waals surface area contributed by atoms with Crippen molar-refractivity contribution in [2.75, 3.05) is 18.4 Å². The van der Waals surface area contributed by atoms with E-state index >= 15 is 0 Å². The highest BCUT2D eigenvalue weighted by Gasteiger charge is 2.08. The summed E-state index contributed by atoms with van der Waals surface area (Å²) in [7, 11) is 0. The first-order chi connectivity index (χ1) is 12.5. The minimum Gasteiger partial charge on any atom is -0.354 e. The molecule has 2 aromatic carbocycles. The van der Waals surface area contributed by atoms with Gasteiger partial charge in [-0.25, -0.2) is 0 Å². The Kier molecular flexibility index (Phi) is 6.91. The predicted molar refractivity (Wildman–Crippen MR) is 101 cm³/mol. The molecule has 0 aliphatic heterocycles. The molecule has 0 aliphatic rings. The Labute approximate surface area is 153 Å². The molecule has 136 valence electrons. The molecule has 0 saturated carbocycles. The van der Waals surface area contributed by atoms with Gasteiger partial charge in [0, 0.05) is 36.3 Å². The molecule has 0 bridgehead atoms. The Balaban J connectivity index is 1.86. The van der Waals surface area contributed by atoms with Crippen molar-refractivity contribution < 1.29 is 14.4 Å². The number of aryl methyl sites for hydroxylation is 1. The minimum absolute atomic E-state index is 0.0482. The van der Waals surface area contributed by atoms with Crippen molar-refractivity contribution in [3.05, 3.63) is 65.2 Å². The maximum atomic E-state index is 12.2. The number of benzene rings is 2. The van der Waals surface area contributed by atoms with Crippen LogP contribution in [0, 0.1) is 6.92 Å². The summed E-state index contributed by atoms with van der Waals surface area (Å²) < 4.78 is 0. The molecule has 3 amide bonds. The molecular formula is C20H23N3O3. The zero-order chi connectivity index (χ0) is 18.9. The topological polar surface area (TPSA) is 87.3 Å². The lowest BCUT2D eigenvalue weighted by molar-refractivity contribution is -0.120. The maximum Gasteiger partial charge on any atom is 0.255 e. The first-order valence-electron chi connectivity index (χ1n) is 8.52. The van der Waals surface area contributed by atoms with E-state index in [-0.39, 0.29) is 17.7 Å². The van der Waals surface area contributed by atoms with Gasteiger partial charge in [0.05, 0.1) is 0 Å². The van der Waals surface area contributed by atoms with Gasteiger partial charge in [0.1, 0.15) is 0 Å². The second kappa shape index (κ2) is 9.36. The number of anilines is 1. The van der Waals surface area contributed by atoms with Gasteiger partial charge in [-0.2, -0.15) is 0 Å². The lowest BCUT2D eigenvalue weighted by atomic mass is 10.1. The third-order valence-corrected chi connectivity index (χ3v) is 3.74. The quantitative estimate of drug-likeness (QED) is 0.669. The Bertz CT molecular complexity index is 785. The molecule has 6 nitrogen and oxygen atoms in total. The van der Waals surface area contributed by atoms with Crippen LogP contribution in [0.25, 0.3) is 0 Å². The number of carbonyl (C=O) groups is 3. The fourth-order valence-electron chi connectivity index (χ4n) is 2.30. The van der Waals surface area contributed by atoms with E-state index in [1.54, 1.807) is 37.3 Å². The zero-order valence-electron chi connectivity index (χ0n) is 15.0. The third kappa shape index (κ3) is 5.73. The number of nitrogens with one attached hydrogen (secondary N) is 3. The van der Waals surface area contributed by atoms with Gasteiger partial charge in [0.25, 0.3) is 11.8 Å². The monoisotopic (exact) mass is 353 g/mol. The summed E-state index contributed by atoms with van der Waals surface area (Å²) in [6.45, 7) is 4.45. The van der Waals surface area contributed by atoms with Crippen molar-refractivity contribution >= 4 is 23.4 Å². The van der Waals surface area contributed by atoms with Gasteiger partial charge in [-0.05, 0) is 43.3 Å². The van der Waals surface area contributed by atoms with Crippen LogP contribution in [-0.2, 0) is 4.79 Å². The van der Waals surface area contributed by atoms with Crippen molar-refractivity contribution in [2.24, 2.45) is 0 Å². The van der Waals surface area contributed by atoms with Crippen molar-refractivity contribution in [3.8, 4) is 0 Å². The fraction of sp³-hybridized carbons (Fsp3) is 0.250. The van der Waals surface area contributed by atoms with E-state index in [1.165, 1.54) is 0 Å². The molecule has 0 atom stereocenters. The fourth-order valence-corrected chi connectivity index (χ4v) is 2.30. The summed E-state index contributed by atoms with van der Waals surface area (Å²) in [6.07, 6.45) is 0.420. The maximum absolute atomic E-state index is 12.2. The van der Waals surface area contributed by atoms with Crippen molar-refractivity contribution in [3.63, 3.8) is 0 Å². The standard InChI is InChI=1S/C20H23N3O3/c1-3-18(24)21-11-12-22-19(25)15-7-9-17(10-8-15)23-20(26)16-6-4-5-14(2)13-16/h4-10,13H,3,11-12H2,1-2H3,(H,21,24)(H,22,25)(H,23,26). The second-order valence-electron chi connectivity index (χ2n) is 5.86. The van der Waals surface area contributed by atoms with E-state index in [2.05, 4.69) is 16.0 Å². The van der Waals surface area contributed by atoms with Crippen LogP contribution in [0.4, 0.5) is 5.69 Å². The van der Waals surface area contributed by atoms with E-state index in [0.717, 1.165) is 5.56 Å². The van der Waals surface area contributed by atoms with E-state index < -0.39 is 0 Å². The average Bonchev–Trinajstić information content (AvgIpc) is 2.65. The number of amides is 3. The first-order valence-corrected chi connectivity index (χ1v) is 8.52. The molecule has 0 fully saturated rings. The molecule has 2 rings (SSSR count). The van der Waals surface area contributed by atoms with Crippen LogP contribution in [0.15, 0.2) is 48.5 Å². The molecule has 0 radical (unpaired) electrons. The summed E-state index contributed by atoms with van der Waals surface area (Å²) in [5, 5.41) is 8.22. The highest BCUT2D eigenvalue weighted by molar-refractivity contribution is 6.04. The molecule has 3 N–H and O–H groups in total. The van der Waals surface area contributed by atoms with Crippen LogP contribution in [0.2, 0.25) is 0 Å². The van der Waals surface area contributed by atoms with Gasteiger partial charge >= 0.3 is 0 Å². The van der Waals surface area contributed by atoms with Gasteiger partial charge < -0.3 is 16.0 Å². The van der Waals surface area contributed by atoms with Gasteiger partial charge in [-0.15, -0.1) is 0 Å². The second-order valence-corrected chi connectivity index (χ2v) is 5.86. The van der Waals surface area contributed by atoms with Crippen molar-refractivity contribution in [2.45, 2.75) is 20.3 Å². The molecule has 2 aromatic rings. The summed E-state index contributed by atoms with van der Waals surface area (Å²) in [5.74, 6) is -0.474. The van der Waals surface area contributed by atoms with Gasteiger partial charge in [-0.1, -0.05) is 24.6 Å². The summed E-state index contributed by atoms with van der Waals surface area (Å²) in [5.41, 5.74) is 2.70. The van der Waals surface area contributed by atoms with E-state index in [1.807, 2.05) is 25.1 Å². The van der Waals surface area contributed by atoms with E-state index in [9.17, 15) is 14.4 Å². The lowest BCUT2D eigenvalue weighted by Crippen LogP contribution is -2.34. The summed E-state index contributed by atoms with van der Waals surface area (Å²) in [6, 6.07) is 14.0. The van der Waals surface area contributed by atoms with Crippen molar-refractivity contribution in [1.29, 1.82) is 0 Å². The van der Waals surface area contributed by atoms with Gasteiger partial charge in [0.15, 0.2) is 0 Å². The smallest absolute Gasteiger partial charge is 0.255 e. The molecule has 0 aromatic heterocycles. The highest BCUT2D eigenvalue weighted by atomic mass is 16.2. The molecule has 26 heavy (non-hydrogen) atoms. The van der Waals surface area contributed by atoms with Crippen LogP contribution in [-0.4, -0.2) is 30.8 Å². The molecule has 0 heterocycles. The Morgan fingerprint density at radius 3 is 2.19 bits per heavy atom. The van der Waals surface area contributed by atoms with Crippen LogP contribution in [0.5, 0.6) is 0 Å². The lowest BCUT2D eigenvalue weighted by Gasteiger charge is -2.08. The summed E-state index contributed by atoms with van der Waals surface area (Å²) in [4.78, 5) is 35.4. The zero-order valence-corrected chi connectivity index (χ0v) is 15.0. The van der Waals surface area contributed by atoms with Crippen LogP contribution < -0.4 is 16.0 Å². The van der Waals surface area contributed by atoms with Gasteiger partial charge in [0.2, 0.25) is 5.91 Å². The van der Waals surface area contributed by atoms with Crippen LogP contribution in [0.1, 0.15) is 39.6 Å². The molecular weight excluding hydrogens is 330 g/mol. The molecule has 0 aliphatic carbocycles. The minimum atomic E-state index is -0.229. The largest absolute Gasteiger partial charge is 0.354 e. The van der Waals surface area contributed by atoms with E-state index in [0.29, 0.717) is 36.3 Å². The predicted octanol–water partition coefficient (Wildman–Crippen LogP) is 2.50. The number of rotatable bonds is 7. The average molecular weight is 353 g/mol. The number of hydrogen-bond donors (Lipinski definition) is 3. The van der Waals surface area contributed by atoms with Crippen LogP contribution in [0.3, 0.4) is 0 Å². The van der Waals surface area contributed by atoms with Crippen molar-refractivity contribution in [1.82, 2.24) is 10.6 Å². The normalized spacial score (nSPS) is 10.1. The Morgan fingerprint density at radius 2 is 1.54 bits per heavy atom. The Morgan fingerprint density at radius 1 is 0.846 bits per heavy atom. The first kappa shape index (κ1) is 19.2. The third-order valence-electron chi connectivity index (χ3n) is 3.74. The Hall–Kier alpha value is -3.15. The number of carbonyl (C=O) groups excluding carboxylic acids is 3. The highest BCUT2D eigenvalue weighted by Crippen LogP contribution is 2.12. The van der Waals surface area contributed by atoms with Crippen LogP contribution >= 0.6 is 0 Å². The summed E-state index contributed by atoms with van der Waals surface area (Å²) >= 11 is 0. The SMILES string of the molecule is CCC(=O)NCCNC(=O)c1ccc(NC(=O)c2cccc(C)c2)cc1. The molecule has 0 saturated heterocycles. The molecule has 0 spiro atoms. The van der Waals surface area contributed by atoms with Gasteiger partial charge in [-0.3, -0.25) is 14.4 Å². The number of hydrogen-bond acceptors (Lipinski definition) is 3. The van der Waals surface area contributed by atoms with E-state index in [4.69, 9.17) is 0 Å². The molecule has 0 unspecified atom stereocenters. The molecule has 6 heteroatoms.